The summed E-state index contributed by atoms with van der Waals surface area (Å²) >= 11 is 0. The molecule has 3 aromatic heterocycles. The van der Waals surface area contributed by atoms with Crippen molar-refractivity contribution in [3.05, 3.63) is 35.7 Å². The van der Waals surface area contributed by atoms with E-state index in [0.29, 0.717) is 29.1 Å². The number of amides is 3. The van der Waals surface area contributed by atoms with Gasteiger partial charge >= 0.3 is 6.03 Å². The number of likely N-dealkylation sites (tertiary alicyclic amines) is 1. The molecular formula is C20H22N10O2. The first kappa shape index (κ1) is 18.9. The predicted molar refractivity (Wildman–Crippen MR) is 114 cm³/mol. The second kappa shape index (κ2) is 7.41. The monoisotopic (exact) mass is 434 g/mol. The number of imide groups is 1. The van der Waals surface area contributed by atoms with Crippen LogP contribution >= 0.6 is 0 Å². The minimum absolute atomic E-state index is 0.150. The third-order valence-corrected chi connectivity index (χ3v) is 5.77. The van der Waals surface area contributed by atoms with Gasteiger partial charge in [0.2, 0.25) is 11.9 Å². The van der Waals surface area contributed by atoms with Gasteiger partial charge < -0.3 is 10.6 Å². The van der Waals surface area contributed by atoms with E-state index in [-0.39, 0.29) is 5.70 Å². The highest BCUT2D eigenvalue weighted by molar-refractivity contribution is 6.14. The van der Waals surface area contributed by atoms with Gasteiger partial charge in [-0.3, -0.25) is 19.6 Å². The number of hydrogen-bond donors (Lipinski definition) is 3. The Balaban J connectivity index is 1.38. The van der Waals surface area contributed by atoms with Crippen LogP contribution in [0.3, 0.4) is 0 Å². The number of carbonyl (C=O) groups excluding carboxylic acids is 2. The van der Waals surface area contributed by atoms with Crippen molar-refractivity contribution in [2.24, 2.45) is 0 Å². The molecule has 0 aromatic carbocycles. The highest BCUT2D eigenvalue weighted by Crippen LogP contribution is 2.25. The summed E-state index contributed by atoms with van der Waals surface area (Å²) in [7, 11) is 0. The van der Waals surface area contributed by atoms with Crippen LogP contribution in [0.15, 0.2) is 24.4 Å². The van der Waals surface area contributed by atoms with E-state index in [9.17, 15) is 9.59 Å². The first-order valence-corrected chi connectivity index (χ1v) is 10.7. The molecule has 12 heteroatoms. The zero-order valence-corrected chi connectivity index (χ0v) is 17.3. The zero-order chi connectivity index (χ0) is 21.7. The van der Waals surface area contributed by atoms with Crippen molar-refractivity contribution in [3.63, 3.8) is 0 Å². The van der Waals surface area contributed by atoms with Gasteiger partial charge in [0.25, 0.3) is 5.91 Å². The fourth-order valence-electron chi connectivity index (χ4n) is 3.97. The Labute approximate surface area is 182 Å². The standard InChI is InChI=1S/C20H22N10O2/c31-17-15(24-20(32)26-17)7-12-8-22-30-16(12)25-18(27-19(30)23-13-3-4-13)29-10-14(21-11-29)9-28-5-1-2-6-28/h7-8,10-11,13H,1-6,9H2,(H,23,25,27)(H2,24,26,31,32)/b15-7-. The third kappa shape index (κ3) is 3.58. The summed E-state index contributed by atoms with van der Waals surface area (Å²) in [5, 5.41) is 12.5. The third-order valence-electron chi connectivity index (χ3n) is 5.77. The topological polar surface area (TPSA) is 134 Å². The molecule has 0 radical (unpaired) electrons. The van der Waals surface area contributed by atoms with Crippen LogP contribution in [-0.4, -0.2) is 65.1 Å². The molecule has 3 N–H and O–H groups in total. The van der Waals surface area contributed by atoms with Crippen molar-refractivity contribution < 1.29 is 9.59 Å². The average Bonchev–Trinajstić information content (AvgIpc) is 3.17. The normalized spacial score (nSPS) is 20.3. The maximum absolute atomic E-state index is 11.9. The molecule has 3 fully saturated rings. The Morgan fingerprint density at radius 1 is 1.16 bits per heavy atom. The summed E-state index contributed by atoms with van der Waals surface area (Å²) in [6.07, 6.45) is 11.5. The lowest BCUT2D eigenvalue weighted by molar-refractivity contribution is -0.115. The number of anilines is 1. The summed E-state index contributed by atoms with van der Waals surface area (Å²) in [5.74, 6) is 0.550. The van der Waals surface area contributed by atoms with Crippen LogP contribution in [0, 0.1) is 0 Å². The number of fused-ring (bicyclic) bond motifs is 1. The van der Waals surface area contributed by atoms with Crippen LogP contribution in [0.25, 0.3) is 17.7 Å². The molecule has 164 valence electrons. The first-order chi connectivity index (χ1) is 15.6. The van der Waals surface area contributed by atoms with E-state index < -0.39 is 11.9 Å². The van der Waals surface area contributed by atoms with Crippen molar-refractivity contribution >= 4 is 29.6 Å². The molecule has 0 atom stereocenters. The molecule has 12 nitrogen and oxygen atoms in total. The van der Waals surface area contributed by atoms with E-state index >= 15 is 0 Å². The lowest BCUT2D eigenvalue weighted by atomic mass is 10.2. The molecule has 1 saturated carbocycles. The van der Waals surface area contributed by atoms with E-state index in [4.69, 9.17) is 4.98 Å². The lowest BCUT2D eigenvalue weighted by Gasteiger charge is -2.11. The van der Waals surface area contributed by atoms with Crippen LogP contribution in [-0.2, 0) is 11.3 Å². The van der Waals surface area contributed by atoms with Gasteiger partial charge in [0.05, 0.1) is 11.9 Å². The van der Waals surface area contributed by atoms with E-state index in [1.807, 2.05) is 6.20 Å². The number of urea groups is 1. The van der Waals surface area contributed by atoms with Crippen molar-refractivity contribution in [2.45, 2.75) is 38.3 Å². The van der Waals surface area contributed by atoms with Crippen molar-refractivity contribution in [1.29, 1.82) is 0 Å². The summed E-state index contributed by atoms with van der Waals surface area (Å²) < 4.78 is 3.42. The molecule has 0 unspecified atom stereocenters. The molecule has 0 spiro atoms. The highest BCUT2D eigenvalue weighted by Gasteiger charge is 2.26. The molecule has 3 amide bonds. The highest BCUT2D eigenvalue weighted by atomic mass is 16.2. The molecule has 1 aliphatic carbocycles. The van der Waals surface area contributed by atoms with E-state index in [1.54, 1.807) is 27.7 Å². The fraction of sp³-hybridized carbons (Fsp3) is 0.400. The fourth-order valence-corrected chi connectivity index (χ4v) is 3.97. The Bertz CT molecular complexity index is 1250. The first-order valence-electron chi connectivity index (χ1n) is 10.7. The van der Waals surface area contributed by atoms with Crippen LogP contribution in [0.5, 0.6) is 0 Å². The molecule has 3 aromatic rings. The molecule has 0 bridgehead atoms. The number of carbonyl (C=O) groups is 2. The Morgan fingerprint density at radius 2 is 2.00 bits per heavy atom. The summed E-state index contributed by atoms with van der Waals surface area (Å²) in [5.41, 5.74) is 2.23. The average molecular weight is 434 g/mol. The molecule has 5 heterocycles. The van der Waals surface area contributed by atoms with E-state index in [0.717, 1.165) is 38.2 Å². The molecular weight excluding hydrogens is 412 g/mol. The Kier molecular flexibility index (Phi) is 4.38. The molecule has 3 aliphatic rings. The number of hydrogen-bond acceptors (Lipinski definition) is 8. The van der Waals surface area contributed by atoms with Gasteiger partial charge in [0.15, 0.2) is 5.65 Å². The number of nitrogens with one attached hydrogen (secondary N) is 3. The summed E-state index contributed by atoms with van der Waals surface area (Å²) in [6.45, 7) is 3.01. The second-order valence-corrected chi connectivity index (χ2v) is 8.32. The molecule has 6 rings (SSSR count). The quantitative estimate of drug-likeness (QED) is 0.381. The van der Waals surface area contributed by atoms with Gasteiger partial charge in [0, 0.05) is 24.3 Å². The predicted octanol–water partition coefficient (Wildman–Crippen LogP) is 0.660. The van der Waals surface area contributed by atoms with Crippen LogP contribution in [0.2, 0.25) is 0 Å². The minimum Gasteiger partial charge on any atom is -0.351 e. The summed E-state index contributed by atoms with van der Waals surface area (Å²) in [4.78, 5) is 39.7. The van der Waals surface area contributed by atoms with Gasteiger partial charge in [-0.15, -0.1) is 0 Å². The number of rotatable bonds is 6. The smallest absolute Gasteiger partial charge is 0.326 e. The maximum Gasteiger partial charge on any atom is 0.326 e. The van der Waals surface area contributed by atoms with Gasteiger partial charge in [-0.25, -0.2) is 9.78 Å². The molecule has 32 heavy (non-hydrogen) atoms. The van der Waals surface area contributed by atoms with Crippen molar-refractivity contribution in [3.8, 4) is 5.95 Å². The SMILES string of the molecule is O=C1NC(=O)/C(=C/c2cnn3c(NC4CC4)nc(-n4cnc(CN5CCCC5)c4)nc23)N1. The summed E-state index contributed by atoms with van der Waals surface area (Å²) in [6, 6.07) is -0.187. The Morgan fingerprint density at radius 3 is 2.75 bits per heavy atom. The van der Waals surface area contributed by atoms with Crippen molar-refractivity contribution in [2.75, 3.05) is 18.4 Å². The number of nitrogens with zero attached hydrogens (tertiary/aromatic N) is 7. The lowest BCUT2D eigenvalue weighted by Crippen LogP contribution is -2.22. The van der Waals surface area contributed by atoms with Gasteiger partial charge in [-0.05, 0) is 44.8 Å². The molecule has 2 aliphatic heterocycles. The van der Waals surface area contributed by atoms with Crippen LogP contribution < -0.4 is 16.0 Å². The number of imidazole rings is 1. The van der Waals surface area contributed by atoms with Gasteiger partial charge in [0.1, 0.15) is 12.0 Å². The zero-order valence-electron chi connectivity index (χ0n) is 17.3. The van der Waals surface area contributed by atoms with Crippen LogP contribution in [0.4, 0.5) is 10.7 Å². The van der Waals surface area contributed by atoms with E-state index in [2.05, 4.69) is 35.9 Å². The van der Waals surface area contributed by atoms with Gasteiger partial charge in [-0.2, -0.15) is 19.6 Å². The molecule has 2 saturated heterocycles. The second-order valence-electron chi connectivity index (χ2n) is 8.32. The van der Waals surface area contributed by atoms with Gasteiger partial charge in [-0.1, -0.05) is 0 Å². The minimum atomic E-state index is -0.548. The largest absolute Gasteiger partial charge is 0.351 e. The van der Waals surface area contributed by atoms with Crippen molar-refractivity contribution in [1.82, 2.24) is 44.7 Å². The number of aromatic nitrogens is 6. The Hall–Kier alpha value is -3.80. The van der Waals surface area contributed by atoms with Crippen LogP contribution in [0.1, 0.15) is 36.9 Å². The maximum atomic E-state index is 11.9. The van der Waals surface area contributed by atoms with E-state index in [1.165, 1.54) is 12.8 Å².